The summed E-state index contributed by atoms with van der Waals surface area (Å²) in [6.07, 6.45) is 0.777. The third kappa shape index (κ3) is 3.97. The molecule has 1 unspecified atom stereocenters. The van der Waals surface area contributed by atoms with Gasteiger partial charge in [-0.05, 0) is 60.8 Å². The molecular formula is C14H23BrN2O. The molecule has 0 saturated carbocycles. The summed E-state index contributed by atoms with van der Waals surface area (Å²) in [6.45, 7) is 7.36. The Labute approximate surface area is 118 Å². The van der Waals surface area contributed by atoms with Gasteiger partial charge in [0.25, 0.3) is 0 Å². The number of aliphatic hydroxyl groups excluding tert-OH is 1. The monoisotopic (exact) mass is 314 g/mol. The fourth-order valence-electron chi connectivity index (χ4n) is 1.94. The topological polar surface area (TPSA) is 49.5 Å². The van der Waals surface area contributed by atoms with Crippen molar-refractivity contribution in [2.45, 2.75) is 39.3 Å². The van der Waals surface area contributed by atoms with Gasteiger partial charge >= 0.3 is 0 Å². The molecule has 3 nitrogen and oxygen atoms in total. The van der Waals surface area contributed by atoms with E-state index in [1.165, 1.54) is 0 Å². The van der Waals surface area contributed by atoms with Crippen LogP contribution in [0.15, 0.2) is 22.7 Å². The number of benzene rings is 1. The summed E-state index contributed by atoms with van der Waals surface area (Å²) in [4.78, 5) is 2.28. The second kappa shape index (κ2) is 7.12. The molecule has 102 valence electrons. The largest absolute Gasteiger partial charge is 0.396 e. The van der Waals surface area contributed by atoms with Gasteiger partial charge in [0.1, 0.15) is 0 Å². The lowest BCUT2D eigenvalue weighted by molar-refractivity contribution is 0.288. The normalized spacial score (nSPS) is 12.8. The molecule has 0 radical (unpaired) electrons. The fourth-order valence-corrected chi connectivity index (χ4v) is 2.56. The highest BCUT2D eigenvalue weighted by Gasteiger charge is 2.14. The third-order valence-corrected chi connectivity index (χ3v) is 3.62. The van der Waals surface area contributed by atoms with Gasteiger partial charge in [-0.3, -0.25) is 0 Å². The van der Waals surface area contributed by atoms with E-state index < -0.39 is 0 Å². The lowest BCUT2D eigenvalue weighted by Gasteiger charge is -2.30. The second-order valence-electron chi connectivity index (χ2n) is 4.86. The maximum atomic E-state index is 8.98. The Hall–Kier alpha value is -0.580. The fraction of sp³-hybridized carbons (Fsp3) is 0.571. The lowest BCUT2D eigenvalue weighted by atomic mass is 10.1. The van der Waals surface area contributed by atoms with Crippen molar-refractivity contribution in [1.29, 1.82) is 0 Å². The first kappa shape index (κ1) is 15.5. The van der Waals surface area contributed by atoms with E-state index >= 15 is 0 Å². The van der Waals surface area contributed by atoms with Crippen LogP contribution in [0.3, 0.4) is 0 Å². The van der Waals surface area contributed by atoms with Crippen LogP contribution in [-0.2, 0) is 0 Å². The molecule has 0 aromatic heterocycles. The summed E-state index contributed by atoms with van der Waals surface area (Å²) >= 11 is 3.62. The molecule has 0 aliphatic carbocycles. The van der Waals surface area contributed by atoms with Gasteiger partial charge in [0, 0.05) is 29.7 Å². The Morgan fingerprint density at radius 2 is 2.00 bits per heavy atom. The van der Waals surface area contributed by atoms with E-state index in [4.69, 9.17) is 10.8 Å². The van der Waals surface area contributed by atoms with Crippen LogP contribution in [-0.4, -0.2) is 24.3 Å². The van der Waals surface area contributed by atoms with E-state index in [0.717, 1.165) is 28.7 Å². The maximum absolute atomic E-state index is 8.98. The summed E-state index contributed by atoms with van der Waals surface area (Å²) in [5.41, 5.74) is 8.16. The Morgan fingerprint density at radius 1 is 1.33 bits per heavy atom. The molecule has 0 bridgehead atoms. The van der Waals surface area contributed by atoms with Crippen LogP contribution in [0.4, 0.5) is 5.69 Å². The number of hydrogen-bond donors (Lipinski definition) is 2. The Kier molecular flexibility index (Phi) is 6.12. The molecule has 4 heteroatoms. The Bertz CT molecular complexity index is 380. The molecule has 0 fully saturated rings. The van der Waals surface area contributed by atoms with Gasteiger partial charge in [-0.2, -0.15) is 0 Å². The number of nitrogens with zero attached hydrogens (tertiary/aromatic N) is 1. The maximum Gasteiger partial charge on any atom is 0.0513 e. The summed E-state index contributed by atoms with van der Waals surface area (Å²) in [5.74, 6) is 0. The first-order chi connectivity index (χ1) is 8.47. The van der Waals surface area contributed by atoms with Crippen molar-refractivity contribution in [2.75, 3.05) is 18.1 Å². The molecule has 1 atom stereocenters. The molecular weight excluding hydrogens is 292 g/mol. The zero-order chi connectivity index (χ0) is 13.7. The van der Waals surface area contributed by atoms with Gasteiger partial charge in [-0.1, -0.05) is 6.07 Å². The summed E-state index contributed by atoms with van der Waals surface area (Å²) in [5, 5.41) is 8.98. The average Bonchev–Trinajstić information content (AvgIpc) is 2.30. The summed E-state index contributed by atoms with van der Waals surface area (Å²) < 4.78 is 1.06. The molecule has 0 heterocycles. The van der Waals surface area contributed by atoms with Crippen LogP contribution < -0.4 is 10.6 Å². The number of anilines is 1. The molecule has 0 amide bonds. The quantitative estimate of drug-likeness (QED) is 0.848. The second-order valence-corrected chi connectivity index (χ2v) is 5.72. The highest BCUT2D eigenvalue weighted by atomic mass is 79.9. The van der Waals surface area contributed by atoms with E-state index in [1.807, 2.05) is 6.92 Å². The number of aliphatic hydroxyl groups is 1. The third-order valence-electron chi connectivity index (χ3n) is 2.99. The molecule has 1 rings (SSSR count). The van der Waals surface area contributed by atoms with Gasteiger partial charge in [0.05, 0.1) is 5.69 Å². The molecule has 1 aromatic carbocycles. The van der Waals surface area contributed by atoms with Crippen molar-refractivity contribution in [3.8, 4) is 0 Å². The van der Waals surface area contributed by atoms with Crippen molar-refractivity contribution in [1.82, 2.24) is 0 Å². The minimum Gasteiger partial charge on any atom is -0.396 e. The van der Waals surface area contributed by atoms with Crippen LogP contribution in [0, 0.1) is 0 Å². The summed E-state index contributed by atoms with van der Waals surface area (Å²) in [6, 6.07) is 6.68. The van der Waals surface area contributed by atoms with E-state index in [2.05, 4.69) is 52.9 Å². The summed E-state index contributed by atoms with van der Waals surface area (Å²) in [7, 11) is 0. The van der Waals surface area contributed by atoms with Crippen molar-refractivity contribution < 1.29 is 5.11 Å². The molecule has 18 heavy (non-hydrogen) atoms. The molecule has 3 N–H and O–H groups in total. The van der Waals surface area contributed by atoms with Gasteiger partial charge in [0.15, 0.2) is 0 Å². The molecule has 0 spiro atoms. The number of rotatable bonds is 6. The SMILES string of the molecule is CC(N)c1ccc(N(CCCO)C(C)C)c(Br)c1. The molecule has 0 aliphatic rings. The number of nitrogens with two attached hydrogens (primary N) is 1. The first-order valence-corrected chi connectivity index (χ1v) is 7.19. The number of hydrogen-bond acceptors (Lipinski definition) is 3. The van der Waals surface area contributed by atoms with Crippen LogP contribution in [0.5, 0.6) is 0 Å². The zero-order valence-electron chi connectivity index (χ0n) is 11.4. The van der Waals surface area contributed by atoms with Crippen LogP contribution >= 0.6 is 15.9 Å². The Balaban J connectivity index is 2.98. The molecule has 0 saturated heterocycles. The Morgan fingerprint density at radius 3 is 2.44 bits per heavy atom. The number of halogens is 1. The van der Waals surface area contributed by atoms with Crippen molar-refractivity contribution in [2.24, 2.45) is 5.73 Å². The minimum atomic E-state index is 0.0419. The lowest BCUT2D eigenvalue weighted by Crippen LogP contribution is -2.32. The minimum absolute atomic E-state index is 0.0419. The smallest absolute Gasteiger partial charge is 0.0513 e. The standard InChI is InChI=1S/C14H23BrN2O/c1-10(2)17(7-4-8-18)14-6-5-12(11(3)16)9-13(14)15/h5-6,9-11,18H,4,7-8,16H2,1-3H3. The van der Waals surface area contributed by atoms with Crippen LogP contribution in [0.25, 0.3) is 0 Å². The van der Waals surface area contributed by atoms with Crippen LogP contribution in [0.1, 0.15) is 38.8 Å². The van der Waals surface area contributed by atoms with Gasteiger partial charge in [0.2, 0.25) is 0 Å². The molecule has 0 aliphatic heterocycles. The van der Waals surface area contributed by atoms with Gasteiger partial charge in [-0.15, -0.1) is 0 Å². The first-order valence-electron chi connectivity index (χ1n) is 6.40. The molecule has 1 aromatic rings. The highest BCUT2D eigenvalue weighted by Crippen LogP contribution is 2.30. The van der Waals surface area contributed by atoms with Crippen LogP contribution in [0.2, 0.25) is 0 Å². The van der Waals surface area contributed by atoms with E-state index in [1.54, 1.807) is 0 Å². The predicted octanol–water partition coefficient (Wildman–Crippen LogP) is 3.07. The van der Waals surface area contributed by atoms with Crippen molar-refractivity contribution in [3.05, 3.63) is 28.2 Å². The van der Waals surface area contributed by atoms with Crippen molar-refractivity contribution in [3.63, 3.8) is 0 Å². The van der Waals surface area contributed by atoms with E-state index in [9.17, 15) is 0 Å². The van der Waals surface area contributed by atoms with Gasteiger partial charge in [-0.25, -0.2) is 0 Å². The highest BCUT2D eigenvalue weighted by molar-refractivity contribution is 9.10. The predicted molar refractivity (Wildman–Crippen MR) is 80.9 cm³/mol. The van der Waals surface area contributed by atoms with Gasteiger partial charge < -0.3 is 15.7 Å². The van der Waals surface area contributed by atoms with Crippen molar-refractivity contribution >= 4 is 21.6 Å². The van der Waals surface area contributed by atoms with E-state index in [0.29, 0.717) is 6.04 Å². The zero-order valence-corrected chi connectivity index (χ0v) is 12.9. The van der Waals surface area contributed by atoms with E-state index in [-0.39, 0.29) is 12.6 Å². The average molecular weight is 315 g/mol.